The third-order valence-corrected chi connectivity index (χ3v) is 7.34. The molecule has 0 amide bonds. The van der Waals surface area contributed by atoms with Crippen LogP contribution in [-0.2, 0) is 41.9 Å². The number of fused-ring (bicyclic) bond motifs is 3. The molecule has 0 aliphatic carbocycles. The second-order valence-electron chi connectivity index (χ2n) is 8.34. The zero-order chi connectivity index (χ0) is 22.1. The summed E-state index contributed by atoms with van der Waals surface area (Å²) in [6.45, 7) is 5.42. The van der Waals surface area contributed by atoms with Crippen molar-refractivity contribution in [2.24, 2.45) is 0 Å². The molecule has 0 saturated carbocycles. The fraction of sp³-hybridized carbons (Fsp3) is 0.346. The number of ether oxygens (including phenoxy) is 1. The van der Waals surface area contributed by atoms with E-state index in [4.69, 9.17) is 14.7 Å². The minimum atomic E-state index is -0.226. The molecule has 164 valence electrons. The number of imidazole rings is 1. The van der Waals surface area contributed by atoms with Gasteiger partial charge in [0.15, 0.2) is 0 Å². The predicted octanol–water partition coefficient (Wildman–Crippen LogP) is 5.65. The smallest absolute Gasteiger partial charge is 0.311 e. The van der Waals surface area contributed by atoms with Crippen LogP contribution in [0.2, 0.25) is 0 Å². The van der Waals surface area contributed by atoms with Crippen molar-refractivity contribution in [3.63, 3.8) is 0 Å². The highest BCUT2D eigenvalue weighted by atomic mass is 32.1. The summed E-state index contributed by atoms with van der Waals surface area (Å²) in [7, 11) is 0. The Hall–Kier alpha value is -2.99. The fourth-order valence-corrected chi connectivity index (χ4v) is 5.51. The minimum absolute atomic E-state index is 0.226. The van der Waals surface area contributed by atoms with Crippen molar-refractivity contribution in [2.45, 2.75) is 59.1 Å². The van der Waals surface area contributed by atoms with Crippen LogP contribution in [-0.4, -0.2) is 20.5 Å². The molecule has 0 radical (unpaired) electrons. The van der Waals surface area contributed by atoms with E-state index in [-0.39, 0.29) is 19.0 Å². The van der Waals surface area contributed by atoms with Crippen molar-refractivity contribution in [1.82, 2.24) is 14.5 Å². The van der Waals surface area contributed by atoms with Gasteiger partial charge in [-0.25, -0.2) is 9.97 Å². The summed E-state index contributed by atoms with van der Waals surface area (Å²) in [6, 6.07) is 14.5. The Bertz CT molecular complexity index is 1290. The van der Waals surface area contributed by atoms with E-state index >= 15 is 0 Å². The Morgan fingerprint density at radius 2 is 2.03 bits per heavy atom. The van der Waals surface area contributed by atoms with Gasteiger partial charge in [0.05, 0.1) is 23.1 Å². The van der Waals surface area contributed by atoms with Crippen molar-refractivity contribution < 1.29 is 9.53 Å². The van der Waals surface area contributed by atoms with E-state index in [1.807, 2.05) is 25.1 Å². The summed E-state index contributed by atoms with van der Waals surface area (Å²) in [4.78, 5) is 23.0. The third kappa shape index (κ3) is 4.07. The molecule has 0 unspecified atom stereocenters. The highest BCUT2D eigenvalue weighted by Crippen LogP contribution is 2.31. The van der Waals surface area contributed by atoms with Crippen molar-refractivity contribution in [3.8, 4) is 10.6 Å². The molecule has 1 aliphatic heterocycles. The van der Waals surface area contributed by atoms with Crippen molar-refractivity contribution in [1.29, 1.82) is 0 Å². The van der Waals surface area contributed by atoms with Crippen LogP contribution >= 0.6 is 11.3 Å². The topological polar surface area (TPSA) is 57.0 Å². The second-order valence-corrected chi connectivity index (χ2v) is 9.42. The Labute approximate surface area is 192 Å². The van der Waals surface area contributed by atoms with Crippen LogP contribution in [0.1, 0.15) is 47.3 Å². The van der Waals surface area contributed by atoms with Gasteiger partial charge in [-0.15, -0.1) is 11.3 Å². The standard InChI is InChI=1S/C26H27N3O2S/c1-3-19-8-4-5-9-20(19)26-27-17(2)23(32-26)15-25(30)31-16-18-11-12-22-21(14-18)28-24-10-6-7-13-29(22)24/h4-5,8-9,11-12,14H,3,6-7,10,13,15-16H2,1-2H3. The summed E-state index contributed by atoms with van der Waals surface area (Å²) in [5, 5.41) is 0.969. The van der Waals surface area contributed by atoms with E-state index < -0.39 is 0 Å². The molecule has 6 heteroatoms. The Morgan fingerprint density at radius 1 is 1.16 bits per heavy atom. The highest BCUT2D eigenvalue weighted by molar-refractivity contribution is 7.15. The van der Waals surface area contributed by atoms with Crippen molar-refractivity contribution in [3.05, 3.63) is 70.0 Å². The Balaban J connectivity index is 1.26. The first-order valence-electron chi connectivity index (χ1n) is 11.3. The van der Waals surface area contributed by atoms with Crippen LogP contribution in [0.5, 0.6) is 0 Å². The lowest BCUT2D eigenvalue weighted by molar-refractivity contribution is -0.144. The van der Waals surface area contributed by atoms with Gasteiger partial charge in [-0.1, -0.05) is 37.3 Å². The molecule has 2 aromatic heterocycles. The average Bonchev–Trinajstić information content (AvgIpc) is 3.37. The molecular formula is C26H27N3O2S. The number of aryl methyl sites for hydroxylation is 4. The van der Waals surface area contributed by atoms with Gasteiger partial charge in [0.25, 0.3) is 0 Å². The molecule has 2 aromatic carbocycles. The molecule has 4 aromatic rings. The Morgan fingerprint density at radius 3 is 2.91 bits per heavy atom. The fourth-order valence-electron chi connectivity index (χ4n) is 4.40. The summed E-state index contributed by atoms with van der Waals surface area (Å²) in [5.41, 5.74) is 6.46. The number of nitrogens with zero attached hydrogens (tertiary/aromatic N) is 3. The molecule has 0 bridgehead atoms. The van der Waals surface area contributed by atoms with E-state index in [1.54, 1.807) is 11.3 Å². The largest absolute Gasteiger partial charge is 0.461 e. The molecule has 0 spiro atoms. The lowest BCUT2D eigenvalue weighted by atomic mass is 10.1. The monoisotopic (exact) mass is 445 g/mol. The van der Waals surface area contributed by atoms with E-state index in [0.717, 1.165) is 51.6 Å². The molecule has 3 heterocycles. The molecule has 0 N–H and O–H groups in total. The highest BCUT2D eigenvalue weighted by Gasteiger charge is 2.17. The van der Waals surface area contributed by atoms with Crippen LogP contribution in [0.3, 0.4) is 0 Å². The number of hydrogen-bond donors (Lipinski definition) is 0. The quantitative estimate of drug-likeness (QED) is 0.360. The first-order chi connectivity index (χ1) is 15.6. The van der Waals surface area contributed by atoms with Gasteiger partial charge in [-0.05, 0) is 49.4 Å². The molecule has 1 aliphatic rings. The predicted molar refractivity (Wildman–Crippen MR) is 128 cm³/mol. The van der Waals surface area contributed by atoms with Crippen LogP contribution in [0.15, 0.2) is 42.5 Å². The molecule has 32 heavy (non-hydrogen) atoms. The van der Waals surface area contributed by atoms with Gasteiger partial charge < -0.3 is 9.30 Å². The number of carbonyl (C=O) groups is 1. The van der Waals surface area contributed by atoms with Crippen LogP contribution in [0.4, 0.5) is 0 Å². The molecule has 5 nitrogen and oxygen atoms in total. The first kappa shape index (κ1) is 20.9. The van der Waals surface area contributed by atoms with Crippen LogP contribution in [0, 0.1) is 6.92 Å². The van der Waals surface area contributed by atoms with Crippen molar-refractivity contribution in [2.75, 3.05) is 0 Å². The lowest BCUT2D eigenvalue weighted by Crippen LogP contribution is -2.10. The molecule has 5 rings (SSSR count). The van der Waals surface area contributed by atoms with E-state index in [2.05, 4.69) is 35.8 Å². The van der Waals surface area contributed by atoms with Gasteiger partial charge in [0, 0.05) is 23.4 Å². The van der Waals surface area contributed by atoms with Crippen LogP contribution < -0.4 is 0 Å². The SMILES string of the molecule is CCc1ccccc1-c1nc(C)c(CC(=O)OCc2ccc3c(c2)nc2n3CCCC2)s1. The molecular weight excluding hydrogens is 418 g/mol. The maximum atomic E-state index is 12.6. The van der Waals surface area contributed by atoms with Crippen molar-refractivity contribution >= 4 is 28.3 Å². The number of benzene rings is 2. The first-order valence-corrected chi connectivity index (χ1v) is 12.1. The number of rotatable bonds is 6. The van der Waals surface area contributed by atoms with Gasteiger partial charge >= 0.3 is 5.97 Å². The summed E-state index contributed by atoms with van der Waals surface area (Å²) in [5.74, 6) is 0.942. The van der Waals surface area contributed by atoms with Crippen LogP contribution in [0.25, 0.3) is 21.6 Å². The maximum absolute atomic E-state index is 12.6. The van der Waals surface area contributed by atoms with E-state index in [1.165, 1.54) is 29.7 Å². The van der Waals surface area contributed by atoms with Gasteiger partial charge in [-0.3, -0.25) is 4.79 Å². The zero-order valence-electron chi connectivity index (χ0n) is 18.6. The zero-order valence-corrected chi connectivity index (χ0v) is 19.4. The second kappa shape index (κ2) is 8.87. The number of carbonyl (C=O) groups excluding carboxylic acids is 1. The lowest BCUT2D eigenvalue weighted by Gasteiger charge is -2.13. The summed E-state index contributed by atoms with van der Waals surface area (Å²) >= 11 is 1.58. The third-order valence-electron chi connectivity index (χ3n) is 6.15. The average molecular weight is 446 g/mol. The van der Waals surface area contributed by atoms with Gasteiger partial charge in [-0.2, -0.15) is 0 Å². The summed E-state index contributed by atoms with van der Waals surface area (Å²) < 4.78 is 7.92. The minimum Gasteiger partial charge on any atom is -0.461 e. The molecule has 0 saturated heterocycles. The summed E-state index contributed by atoms with van der Waals surface area (Å²) in [6.07, 6.45) is 4.66. The van der Waals surface area contributed by atoms with Gasteiger partial charge in [0.1, 0.15) is 17.4 Å². The Kier molecular flexibility index (Phi) is 5.79. The maximum Gasteiger partial charge on any atom is 0.311 e. The van der Waals surface area contributed by atoms with E-state index in [0.29, 0.717) is 0 Å². The van der Waals surface area contributed by atoms with Gasteiger partial charge in [0.2, 0.25) is 0 Å². The number of thiazole rings is 1. The van der Waals surface area contributed by atoms with E-state index in [9.17, 15) is 4.79 Å². The molecule has 0 atom stereocenters. The number of hydrogen-bond acceptors (Lipinski definition) is 5. The normalized spacial score (nSPS) is 13.3. The number of esters is 1. The molecule has 0 fully saturated rings. The number of aromatic nitrogens is 3.